The van der Waals surface area contributed by atoms with Crippen LogP contribution in [0.5, 0.6) is 5.75 Å². The van der Waals surface area contributed by atoms with Crippen LogP contribution in [0.3, 0.4) is 0 Å². The summed E-state index contributed by atoms with van der Waals surface area (Å²) in [5, 5.41) is 0.446. The van der Waals surface area contributed by atoms with Gasteiger partial charge in [0.2, 0.25) is 0 Å². The van der Waals surface area contributed by atoms with Crippen molar-refractivity contribution < 1.29 is 4.74 Å². The molecule has 3 nitrogen and oxygen atoms in total. The van der Waals surface area contributed by atoms with Gasteiger partial charge in [0.05, 0.1) is 0 Å². The average Bonchev–Trinajstić information content (AvgIpc) is 2.30. The monoisotopic (exact) mass is 262 g/mol. The Morgan fingerprint density at radius 2 is 1.94 bits per heavy atom. The lowest BCUT2D eigenvalue weighted by atomic mass is 10.1. The Morgan fingerprint density at radius 3 is 2.67 bits per heavy atom. The summed E-state index contributed by atoms with van der Waals surface area (Å²) in [7, 11) is 0. The van der Waals surface area contributed by atoms with E-state index in [1.807, 2.05) is 26.0 Å². The molecule has 0 spiro atoms. The molecular weight excluding hydrogens is 248 g/mol. The molecule has 0 saturated carbocycles. The lowest BCUT2D eigenvalue weighted by Gasteiger charge is -2.10. The number of rotatable bonds is 3. The molecule has 0 saturated heterocycles. The highest BCUT2D eigenvalue weighted by Gasteiger charge is 2.05. The van der Waals surface area contributed by atoms with Gasteiger partial charge < -0.3 is 4.74 Å². The first-order valence-corrected chi connectivity index (χ1v) is 6.13. The predicted octanol–water partition coefficient (Wildman–Crippen LogP) is 3.63. The standard InChI is InChI=1S/C14H15ClN2O/c1-9-5-4-6-12(11(9)3)18-8-14-16-10(2)7-13(15)17-14/h4-7H,8H2,1-3H3. The molecular formula is C14H15ClN2O. The van der Waals surface area contributed by atoms with Gasteiger partial charge in [-0.25, -0.2) is 9.97 Å². The fourth-order valence-electron chi connectivity index (χ4n) is 1.68. The van der Waals surface area contributed by atoms with Crippen LogP contribution >= 0.6 is 11.6 Å². The van der Waals surface area contributed by atoms with Crippen LogP contribution in [0.2, 0.25) is 5.15 Å². The number of ether oxygens (including phenoxy) is 1. The van der Waals surface area contributed by atoms with Crippen molar-refractivity contribution in [3.8, 4) is 5.75 Å². The number of aromatic nitrogens is 2. The van der Waals surface area contributed by atoms with E-state index >= 15 is 0 Å². The number of hydrogen-bond donors (Lipinski definition) is 0. The maximum Gasteiger partial charge on any atom is 0.167 e. The van der Waals surface area contributed by atoms with Gasteiger partial charge in [0.1, 0.15) is 17.5 Å². The molecule has 0 atom stereocenters. The highest BCUT2D eigenvalue weighted by Crippen LogP contribution is 2.21. The van der Waals surface area contributed by atoms with Gasteiger partial charge in [-0.15, -0.1) is 0 Å². The first kappa shape index (κ1) is 12.8. The predicted molar refractivity (Wildman–Crippen MR) is 72.0 cm³/mol. The van der Waals surface area contributed by atoms with Crippen LogP contribution in [0, 0.1) is 20.8 Å². The van der Waals surface area contributed by atoms with E-state index in [0.717, 1.165) is 17.0 Å². The van der Waals surface area contributed by atoms with Gasteiger partial charge >= 0.3 is 0 Å². The minimum Gasteiger partial charge on any atom is -0.485 e. The number of hydrogen-bond acceptors (Lipinski definition) is 3. The molecule has 4 heteroatoms. The van der Waals surface area contributed by atoms with Crippen molar-refractivity contribution in [2.75, 3.05) is 0 Å². The molecule has 0 aliphatic carbocycles. The van der Waals surface area contributed by atoms with E-state index in [1.54, 1.807) is 6.07 Å². The molecule has 0 N–H and O–H groups in total. The Balaban J connectivity index is 2.14. The van der Waals surface area contributed by atoms with E-state index in [9.17, 15) is 0 Å². The summed E-state index contributed by atoms with van der Waals surface area (Å²) in [6, 6.07) is 7.70. The average molecular weight is 263 g/mol. The normalized spacial score (nSPS) is 10.4. The molecule has 0 radical (unpaired) electrons. The SMILES string of the molecule is Cc1cc(Cl)nc(COc2cccc(C)c2C)n1. The number of halogens is 1. The Morgan fingerprint density at radius 1 is 1.17 bits per heavy atom. The second-order valence-corrected chi connectivity index (χ2v) is 4.62. The number of benzene rings is 1. The van der Waals surface area contributed by atoms with Crippen molar-refractivity contribution in [3.63, 3.8) is 0 Å². The van der Waals surface area contributed by atoms with Gasteiger partial charge in [-0.1, -0.05) is 23.7 Å². The van der Waals surface area contributed by atoms with E-state index in [0.29, 0.717) is 17.6 Å². The van der Waals surface area contributed by atoms with Crippen LogP contribution in [0.25, 0.3) is 0 Å². The number of aryl methyl sites for hydroxylation is 2. The molecule has 0 aliphatic heterocycles. The first-order chi connectivity index (χ1) is 8.56. The zero-order valence-electron chi connectivity index (χ0n) is 10.7. The third-order valence-electron chi connectivity index (χ3n) is 2.78. The fourth-order valence-corrected chi connectivity index (χ4v) is 1.93. The smallest absolute Gasteiger partial charge is 0.167 e. The van der Waals surface area contributed by atoms with Crippen LogP contribution < -0.4 is 4.74 Å². The van der Waals surface area contributed by atoms with E-state index < -0.39 is 0 Å². The zero-order chi connectivity index (χ0) is 13.1. The fraction of sp³-hybridized carbons (Fsp3) is 0.286. The van der Waals surface area contributed by atoms with Crippen molar-refractivity contribution in [2.24, 2.45) is 0 Å². The van der Waals surface area contributed by atoms with Crippen molar-refractivity contribution >= 4 is 11.6 Å². The Bertz CT molecular complexity index is 549. The van der Waals surface area contributed by atoms with Crippen LogP contribution in [0.1, 0.15) is 22.6 Å². The summed E-state index contributed by atoms with van der Waals surface area (Å²) in [5.74, 6) is 1.46. The summed E-state index contributed by atoms with van der Waals surface area (Å²) in [5.41, 5.74) is 3.18. The van der Waals surface area contributed by atoms with Crippen molar-refractivity contribution in [2.45, 2.75) is 27.4 Å². The summed E-state index contributed by atoms with van der Waals surface area (Å²) in [6.45, 7) is 6.30. The lowest BCUT2D eigenvalue weighted by molar-refractivity contribution is 0.293. The zero-order valence-corrected chi connectivity index (χ0v) is 11.5. The highest BCUT2D eigenvalue weighted by molar-refractivity contribution is 6.29. The summed E-state index contributed by atoms with van der Waals surface area (Å²) >= 11 is 5.88. The van der Waals surface area contributed by atoms with Gasteiger partial charge in [0.25, 0.3) is 0 Å². The quantitative estimate of drug-likeness (QED) is 0.793. The minimum absolute atomic E-state index is 0.325. The van der Waals surface area contributed by atoms with Crippen LogP contribution in [0.4, 0.5) is 0 Å². The van der Waals surface area contributed by atoms with E-state index in [2.05, 4.69) is 23.0 Å². The topological polar surface area (TPSA) is 35.0 Å². The summed E-state index contributed by atoms with van der Waals surface area (Å²) < 4.78 is 5.73. The minimum atomic E-state index is 0.325. The Hall–Kier alpha value is -1.61. The van der Waals surface area contributed by atoms with Crippen LogP contribution in [-0.2, 0) is 6.61 Å². The van der Waals surface area contributed by atoms with E-state index in [1.165, 1.54) is 5.56 Å². The second-order valence-electron chi connectivity index (χ2n) is 4.23. The summed E-state index contributed by atoms with van der Waals surface area (Å²) in [4.78, 5) is 8.41. The van der Waals surface area contributed by atoms with Gasteiger partial charge in [0.15, 0.2) is 5.82 Å². The first-order valence-electron chi connectivity index (χ1n) is 5.75. The molecule has 2 aromatic rings. The van der Waals surface area contributed by atoms with E-state index in [4.69, 9.17) is 16.3 Å². The maximum atomic E-state index is 5.88. The van der Waals surface area contributed by atoms with Gasteiger partial charge in [-0.05, 0) is 44.0 Å². The summed E-state index contributed by atoms with van der Waals surface area (Å²) in [6.07, 6.45) is 0. The Kier molecular flexibility index (Phi) is 3.82. The van der Waals surface area contributed by atoms with Gasteiger partial charge in [-0.2, -0.15) is 0 Å². The third-order valence-corrected chi connectivity index (χ3v) is 2.97. The molecule has 0 unspecified atom stereocenters. The largest absolute Gasteiger partial charge is 0.485 e. The van der Waals surface area contributed by atoms with Crippen molar-refractivity contribution in [1.82, 2.24) is 9.97 Å². The molecule has 0 aliphatic rings. The highest BCUT2D eigenvalue weighted by atomic mass is 35.5. The molecule has 1 aromatic carbocycles. The molecule has 0 fully saturated rings. The van der Waals surface area contributed by atoms with Crippen molar-refractivity contribution in [1.29, 1.82) is 0 Å². The van der Waals surface area contributed by atoms with Gasteiger partial charge in [0, 0.05) is 5.69 Å². The number of nitrogens with zero attached hydrogens (tertiary/aromatic N) is 2. The molecule has 18 heavy (non-hydrogen) atoms. The molecule has 1 heterocycles. The van der Waals surface area contributed by atoms with Crippen LogP contribution in [-0.4, -0.2) is 9.97 Å². The van der Waals surface area contributed by atoms with Gasteiger partial charge in [-0.3, -0.25) is 0 Å². The molecule has 94 valence electrons. The second kappa shape index (κ2) is 5.36. The lowest BCUT2D eigenvalue weighted by Crippen LogP contribution is -2.04. The third kappa shape index (κ3) is 2.99. The molecule has 0 amide bonds. The van der Waals surface area contributed by atoms with Crippen molar-refractivity contribution in [3.05, 3.63) is 52.1 Å². The van der Waals surface area contributed by atoms with E-state index in [-0.39, 0.29) is 0 Å². The molecule has 2 rings (SSSR count). The maximum absolute atomic E-state index is 5.88. The molecule has 0 bridgehead atoms. The Labute approximate surface area is 112 Å². The van der Waals surface area contributed by atoms with Crippen LogP contribution in [0.15, 0.2) is 24.3 Å². The molecule has 1 aromatic heterocycles.